The van der Waals surface area contributed by atoms with Gasteiger partial charge in [-0.3, -0.25) is 4.79 Å². The molecule has 0 saturated heterocycles. The van der Waals surface area contributed by atoms with Crippen LogP contribution in [0.3, 0.4) is 0 Å². The third kappa shape index (κ3) is 3.55. The number of aromatic nitrogens is 1. The van der Waals surface area contributed by atoms with Crippen LogP contribution in [0.5, 0.6) is 5.75 Å². The summed E-state index contributed by atoms with van der Waals surface area (Å²) in [5.41, 5.74) is 1.19. The Bertz CT molecular complexity index is 1440. The topological polar surface area (TPSA) is 64.0 Å². The van der Waals surface area contributed by atoms with Gasteiger partial charge in [0.05, 0.1) is 23.2 Å². The molecule has 4 aromatic rings. The predicted molar refractivity (Wildman–Crippen MR) is 128 cm³/mol. The summed E-state index contributed by atoms with van der Waals surface area (Å²) in [5.74, 6) is 0.595. The summed E-state index contributed by atoms with van der Waals surface area (Å²) in [4.78, 5) is 17.4. The first kappa shape index (κ1) is 21.3. The second-order valence-corrected chi connectivity index (χ2v) is 9.28. The second-order valence-electron chi connectivity index (χ2n) is 7.05. The van der Waals surface area contributed by atoms with Crippen molar-refractivity contribution in [3.63, 3.8) is 0 Å². The van der Waals surface area contributed by atoms with E-state index in [1.54, 1.807) is 25.3 Å². The van der Waals surface area contributed by atoms with Crippen molar-refractivity contribution in [3.05, 3.63) is 68.1 Å². The quantitative estimate of drug-likeness (QED) is 0.292. The molecule has 2 aromatic heterocycles. The molecule has 0 saturated carbocycles. The second kappa shape index (κ2) is 8.08. The number of rotatable bonds is 3. The smallest absolute Gasteiger partial charge is 0.252 e. The molecule has 0 fully saturated rings. The maximum atomic E-state index is 12.4. The van der Waals surface area contributed by atoms with Gasteiger partial charge in [-0.2, -0.15) is 5.01 Å². The highest BCUT2D eigenvalue weighted by Crippen LogP contribution is 2.41. The van der Waals surface area contributed by atoms with Gasteiger partial charge >= 0.3 is 0 Å². The molecule has 3 heterocycles. The number of hydrogen-bond acceptors (Lipinski definition) is 6. The average Bonchev–Trinajstić information content (AvgIpc) is 3.35. The lowest BCUT2D eigenvalue weighted by Crippen LogP contribution is -2.25. The lowest BCUT2D eigenvalue weighted by molar-refractivity contribution is -0.135. The van der Waals surface area contributed by atoms with Crippen molar-refractivity contribution in [2.45, 2.75) is 13.2 Å². The third-order valence-corrected chi connectivity index (χ3v) is 7.22. The highest BCUT2D eigenvalue weighted by Gasteiger charge is 2.36. The molecule has 1 aliphatic heterocycles. The van der Waals surface area contributed by atoms with E-state index in [1.165, 1.54) is 23.3 Å². The van der Waals surface area contributed by atoms with Gasteiger partial charge in [0.2, 0.25) is 12.1 Å². The number of amides is 1. The zero-order chi connectivity index (χ0) is 22.6. The van der Waals surface area contributed by atoms with Crippen LogP contribution in [-0.2, 0) is 9.53 Å². The van der Waals surface area contributed by atoms with Crippen LogP contribution >= 0.6 is 46.1 Å². The SMILES string of the molecule is COc1ccc2nc(Cl)c(C3OC(c4sc5ccc(Cl)cc5c4Cl)=NN3C(C)=O)cc2c1. The largest absolute Gasteiger partial charge is 0.497 e. The standard InChI is InChI=1S/C22H14Cl3N3O3S/c1-10(29)28-22(15-8-11-7-13(30-2)4-5-16(11)26-20(15)25)31-21(27-28)19-18(24)14-9-12(23)3-6-17(14)32-19/h3-9,22H,1-2H3. The minimum atomic E-state index is -0.886. The summed E-state index contributed by atoms with van der Waals surface area (Å²) >= 11 is 20.6. The van der Waals surface area contributed by atoms with Gasteiger partial charge in [0, 0.05) is 27.4 Å². The highest BCUT2D eigenvalue weighted by atomic mass is 35.5. The van der Waals surface area contributed by atoms with Gasteiger partial charge in [0.15, 0.2) is 0 Å². The van der Waals surface area contributed by atoms with Crippen LogP contribution in [0, 0.1) is 0 Å². The summed E-state index contributed by atoms with van der Waals surface area (Å²) in [5, 5.41) is 8.47. The first-order valence-electron chi connectivity index (χ1n) is 9.43. The summed E-state index contributed by atoms with van der Waals surface area (Å²) in [6.07, 6.45) is -0.886. The van der Waals surface area contributed by atoms with Crippen molar-refractivity contribution in [2.24, 2.45) is 5.10 Å². The van der Waals surface area contributed by atoms with E-state index in [1.807, 2.05) is 24.3 Å². The molecule has 1 atom stereocenters. The summed E-state index contributed by atoms with van der Waals surface area (Å²) in [7, 11) is 1.59. The molecule has 0 bridgehead atoms. The molecule has 1 unspecified atom stereocenters. The molecule has 6 nitrogen and oxygen atoms in total. The highest BCUT2D eigenvalue weighted by molar-refractivity contribution is 7.21. The molecular formula is C22H14Cl3N3O3S. The number of methoxy groups -OCH3 is 1. The van der Waals surface area contributed by atoms with Gasteiger partial charge in [-0.25, -0.2) is 4.98 Å². The maximum absolute atomic E-state index is 12.4. The Morgan fingerprint density at radius 3 is 2.72 bits per heavy atom. The Morgan fingerprint density at radius 1 is 1.16 bits per heavy atom. The number of hydrogen-bond donors (Lipinski definition) is 0. The Labute approximate surface area is 201 Å². The number of halogens is 3. The van der Waals surface area contributed by atoms with Gasteiger partial charge in [-0.1, -0.05) is 34.8 Å². The fourth-order valence-corrected chi connectivity index (χ4v) is 5.31. The Hall–Kier alpha value is -2.58. The summed E-state index contributed by atoms with van der Waals surface area (Å²) in [6, 6.07) is 12.7. The van der Waals surface area contributed by atoms with Crippen molar-refractivity contribution in [1.82, 2.24) is 9.99 Å². The number of carbonyl (C=O) groups is 1. The molecule has 2 aromatic carbocycles. The minimum absolute atomic E-state index is 0.213. The number of pyridine rings is 1. The van der Waals surface area contributed by atoms with E-state index in [-0.39, 0.29) is 17.0 Å². The monoisotopic (exact) mass is 505 g/mol. The molecule has 32 heavy (non-hydrogen) atoms. The molecule has 1 aliphatic rings. The zero-order valence-corrected chi connectivity index (χ0v) is 19.8. The van der Waals surface area contributed by atoms with E-state index in [9.17, 15) is 4.79 Å². The Kier molecular flexibility index (Phi) is 5.37. The van der Waals surface area contributed by atoms with E-state index >= 15 is 0 Å². The normalized spacial score (nSPS) is 15.8. The third-order valence-electron chi connectivity index (χ3n) is 5.02. The Balaban J connectivity index is 1.59. The fraction of sp³-hybridized carbons (Fsp3) is 0.136. The summed E-state index contributed by atoms with van der Waals surface area (Å²) in [6.45, 7) is 1.40. The number of ether oxygens (including phenoxy) is 2. The zero-order valence-electron chi connectivity index (χ0n) is 16.7. The van der Waals surface area contributed by atoms with Gasteiger partial charge < -0.3 is 9.47 Å². The van der Waals surface area contributed by atoms with Gasteiger partial charge in [-0.15, -0.1) is 16.4 Å². The molecule has 0 N–H and O–H groups in total. The fourth-order valence-electron chi connectivity index (χ4n) is 3.48. The minimum Gasteiger partial charge on any atom is -0.497 e. The van der Waals surface area contributed by atoms with Crippen molar-refractivity contribution in [1.29, 1.82) is 0 Å². The summed E-state index contributed by atoms with van der Waals surface area (Å²) < 4.78 is 12.4. The van der Waals surface area contributed by atoms with Crippen molar-refractivity contribution in [3.8, 4) is 5.75 Å². The first-order chi connectivity index (χ1) is 15.4. The first-order valence-corrected chi connectivity index (χ1v) is 11.4. The van der Waals surface area contributed by atoms with E-state index in [0.717, 1.165) is 15.5 Å². The Morgan fingerprint density at radius 2 is 1.97 bits per heavy atom. The van der Waals surface area contributed by atoms with Crippen LogP contribution < -0.4 is 4.74 Å². The average molecular weight is 507 g/mol. The number of hydrazone groups is 1. The van der Waals surface area contributed by atoms with E-state index in [2.05, 4.69) is 10.1 Å². The molecule has 162 valence electrons. The van der Waals surface area contributed by atoms with Crippen molar-refractivity contribution in [2.75, 3.05) is 7.11 Å². The molecule has 10 heteroatoms. The predicted octanol–water partition coefficient (Wildman–Crippen LogP) is 6.66. The number of nitrogens with zero attached hydrogens (tertiary/aromatic N) is 3. The molecule has 0 spiro atoms. The van der Waals surface area contributed by atoms with Gasteiger partial charge in [0.25, 0.3) is 5.90 Å². The molecule has 1 amide bonds. The lowest BCUT2D eigenvalue weighted by Gasteiger charge is -2.20. The number of fused-ring (bicyclic) bond motifs is 2. The van der Waals surface area contributed by atoms with Crippen molar-refractivity contribution >= 4 is 78.9 Å². The molecule has 5 rings (SSSR count). The van der Waals surface area contributed by atoms with E-state index in [4.69, 9.17) is 44.3 Å². The van der Waals surface area contributed by atoms with Crippen LogP contribution in [0.15, 0.2) is 47.6 Å². The van der Waals surface area contributed by atoms with Gasteiger partial charge in [-0.05, 0) is 42.5 Å². The molecule has 0 radical (unpaired) electrons. The number of carbonyl (C=O) groups excluding carboxylic acids is 1. The van der Waals surface area contributed by atoms with Crippen molar-refractivity contribution < 1.29 is 14.3 Å². The molecule has 0 aliphatic carbocycles. The van der Waals surface area contributed by atoms with E-state index in [0.29, 0.717) is 31.8 Å². The van der Waals surface area contributed by atoms with E-state index < -0.39 is 6.23 Å². The number of thiophene rings is 1. The van der Waals surface area contributed by atoms with Gasteiger partial charge in [0.1, 0.15) is 15.8 Å². The molecular weight excluding hydrogens is 493 g/mol. The van der Waals surface area contributed by atoms with Crippen LogP contribution in [0.1, 0.15) is 23.6 Å². The van der Waals surface area contributed by atoms with Crippen LogP contribution in [0.25, 0.3) is 21.0 Å². The van der Waals surface area contributed by atoms with Crippen LogP contribution in [0.2, 0.25) is 15.2 Å². The number of benzene rings is 2. The lowest BCUT2D eigenvalue weighted by atomic mass is 10.1. The van der Waals surface area contributed by atoms with Crippen LogP contribution in [-0.4, -0.2) is 28.9 Å². The van der Waals surface area contributed by atoms with Crippen LogP contribution in [0.4, 0.5) is 0 Å². The maximum Gasteiger partial charge on any atom is 0.252 e.